The van der Waals surface area contributed by atoms with Gasteiger partial charge in [0, 0.05) is 6.54 Å². The summed E-state index contributed by atoms with van der Waals surface area (Å²) in [5, 5.41) is 17.3. The Balaban J connectivity index is 2.00. The highest BCUT2D eigenvalue weighted by Crippen LogP contribution is 2.08. The third-order valence-electron chi connectivity index (χ3n) is 2.93. The summed E-state index contributed by atoms with van der Waals surface area (Å²) in [5.41, 5.74) is 1.36. The van der Waals surface area contributed by atoms with Crippen LogP contribution in [0.2, 0.25) is 0 Å². The number of hydrogen-bond acceptors (Lipinski definition) is 4. The molecule has 1 heterocycles. The topological polar surface area (TPSA) is 41.5 Å². The lowest BCUT2D eigenvalue weighted by Gasteiger charge is -2.18. The van der Waals surface area contributed by atoms with Crippen molar-refractivity contribution in [1.29, 1.82) is 0 Å². The van der Waals surface area contributed by atoms with Crippen LogP contribution in [0, 0.1) is 5.92 Å². The van der Waals surface area contributed by atoms with Crippen molar-refractivity contribution < 1.29 is 9.84 Å². The molecule has 0 spiro atoms. The summed E-state index contributed by atoms with van der Waals surface area (Å²) >= 11 is 1.72. The number of rotatable bonds is 10. The Kier molecular flexibility index (Phi) is 8.30. The molecule has 0 aliphatic rings. The molecule has 2 atom stereocenters. The van der Waals surface area contributed by atoms with Crippen molar-refractivity contribution in [3.8, 4) is 0 Å². The van der Waals surface area contributed by atoms with Crippen LogP contribution >= 0.6 is 11.3 Å². The van der Waals surface area contributed by atoms with Gasteiger partial charge in [-0.15, -0.1) is 0 Å². The van der Waals surface area contributed by atoms with E-state index >= 15 is 0 Å². The molecule has 0 bridgehead atoms. The van der Waals surface area contributed by atoms with Gasteiger partial charge < -0.3 is 15.2 Å². The Morgan fingerprint density at radius 3 is 2.79 bits per heavy atom. The summed E-state index contributed by atoms with van der Waals surface area (Å²) < 4.78 is 5.63. The van der Waals surface area contributed by atoms with Crippen molar-refractivity contribution in [2.24, 2.45) is 5.92 Å². The van der Waals surface area contributed by atoms with E-state index in [1.54, 1.807) is 11.3 Å². The second kappa shape index (κ2) is 9.48. The largest absolute Gasteiger partial charge is 0.389 e. The minimum Gasteiger partial charge on any atom is -0.389 e. The normalized spacial score (nSPS) is 14.8. The number of aliphatic hydroxyl groups excluding tert-OH is 1. The molecule has 0 radical (unpaired) electrons. The molecule has 19 heavy (non-hydrogen) atoms. The molecule has 4 heteroatoms. The number of thiophene rings is 1. The van der Waals surface area contributed by atoms with Crippen LogP contribution in [0.4, 0.5) is 0 Å². The molecule has 0 aromatic carbocycles. The molecule has 1 rings (SSSR count). The van der Waals surface area contributed by atoms with Gasteiger partial charge in [0.1, 0.15) is 0 Å². The van der Waals surface area contributed by atoms with Crippen LogP contribution in [0.25, 0.3) is 0 Å². The number of hydrogen-bond donors (Lipinski definition) is 2. The molecule has 0 fully saturated rings. The third-order valence-corrected chi connectivity index (χ3v) is 3.66. The SMILES string of the molecule is CC(C)CC(C)OCC(O)CNCCc1ccsc1. The molecule has 0 aliphatic carbocycles. The van der Waals surface area contributed by atoms with Crippen LogP contribution in [-0.2, 0) is 11.2 Å². The molecule has 0 aliphatic heterocycles. The van der Waals surface area contributed by atoms with Crippen LogP contribution in [-0.4, -0.2) is 37.0 Å². The quantitative estimate of drug-likeness (QED) is 0.650. The zero-order valence-electron chi connectivity index (χ0n) is 12.3. The van der Waals surface area contributed by atoms with E-state index in [9.17, 15) is 5.11 Å². The predicted molar refractivity (Wildman–Crippen MR) is 81.8 cm³/mol. The summed E-state index contributed by atoms with van der Waals surface area (Å²) in [6, 6.07) is 2.14. The maximum absolute atomic E-state index is 9.80. The van der Waals surface area contributed by atoms with Crippen LogP contribution in [0.15, 0.2) is 16.8 Å². The van der Waals surface area contributed by atoms with Crippen molar-refractivity contribution >= 4 is 11.3 Å². The van der Waals surface area contributed by atoms with Crippen LogP contribution < -0.4 is 5.32 Å². The van der Waals surface area contributed by atoms with Gasteiger partial charge in [0.05, 0.1) is 18.8 Å². The van der Waals surface area contributed by atoms with Gasteiger partial charge in [0.2, 0.25) is 0 Å². The molecule has 0 amide bonds. The van der Waals surface area contributed by atoms with E-state index in [1.165, 1.54) is 5.56 Å². The van der Waals surface area contributed by atoms with Gasteiger partial charge in [-0.05, 0) is 54.6 Å². The lowest BCUT2D eigenvalue weighted by molar-refractivity contribution is -0.00838. The van der Waals surface area contributed by atoms with E-state index in [-0.39, 0.29) is 6.10 Å². The first-order valence-electron chi connectivity index (χ1n) is 7.09. The zero-order chi connectivity index (χ0) is 14.1. The molecular formula is C15H27NO2S. The Labute approximate surface area is 121 Å². The van der Waals surface area contributed by atoms with E-state index in [4.69, 9.17) is 4.74 Å². The summed E-state index contributed by atoms with van der Waals surface area (Å²) in [6.07, 6.45) is 1.86. The lowest BCUT2D eigenvalue weighted by Crippen LogP contribution is -2.32. The molecule has 1 aromatic heterocycles. The number of aliphatic hydroxyl groups is 1. The molecule has 0 saturated heterocycles. The molecule has 3 nitrogen and oxygen atoms in total. The molecular weight excluding hydrogens is 258 g/mol. The minimum atomic E-state index is -0.419. The van der Waals surface area contributed by atoms with Crippen molar-refractivity contribution in [3.63, 3.8) is 0 Å². The van der Waals surface area contributed by atoms with Crippen LogP contribution in [0.3, 0.4) is 0 Å². The molecule has 1 aromatic rings. The number of ether oxygens (including phenoxy) is 1. The number of nitrogens with one attached hydrogen (secondary N) is 1. The minimum absolute atomic E-state index is 0.223. The maximum atomic E-state index is 9.80. The Bertz CT molecular complexity index is 314. The highest BCUT2D eigenvalue weighted by molar-refractivity contribution is 7.07. The Morgan fingerprint density at radius 1 is 1.37 bits per heavy atom. The van der Waals surface area contributed by atoms with E-state index < -0.39 is 6.10 Å². The van der Waals surface area contributed by atoms with Gasteiger partial charge in [0.15, 0.2) is 0 Å². The van der Waals surface area contributed by atoms with Crippen molar-refractivity contribution in [3.05, 3.63) is 22.4 Å². The summed E-state index contributed by atoms with van der Waals surface area (Å²) in [4.78, 5) is 0. The van der Waals surface area contributed by atoms with Crippen molar-refractivity contribution in [2.75, 3.05) is 19.7 Å². The van der Waals surface area contributed by atoms with Gasteiger partial charge in [-0.1, -0.05) is 13.8 Å². The first kappa shape index (κ1) is 16.6. The Hall–Kier alpha value is -0.420. The highest BCUT2D eigenvalue weighted by atomic mass is 32.1. The monoisotopic (exact) mass is 285 g/mol. The van der Waals surface area contributed by atoms with E-state index in [2.05, 4.69) is 42.9 Å². The maximum Gasteiger partial charge on any atom is 0.0897 e. The standard InChI is InChI=1S/C15H27NO2S/c1-12(2)8-13(3)18-10-15(17)9-16-6-4-14-5-7-19-11-14/h5,7,11-13,15-17H,4,6,8-10H2,1-3H3. The fourth-order valence-corrected chi connectivity index (χ4v) is 2.71. The molecule has 2 unspecified atom stereocenters. The van der Waals surface area contributed by atoms with Crippen LogP contribution in [0.5, 0.6) is 0 Å². The van der Waals surface area contributed by atoms with E-state index in [0.29, 0.717) is 19.1 Å². The smallest absolute Gasteiger partial charge is 0.0897 e. The van der Waals surface area contributed by atoms with Crippen LogP contribution in [0.1, 0.15) is 32.8 Å². The molecule has 2 N–H and O–H groups in total. The lowest BCUT2D eigenvalue weighted by atomic mass is 10.1. The fraction of sp³-hybridized carbons (Fsp3) is 0.733. The second-order valence-electron chi connectivity index (χ2n) is 5.51. The molecule has 0 saturated carbocycles. The van der Waals surface area contributed by atoms with Gasteiger partial charge in [-0.25, -0.2) is 0 Å². The summed E-state index contributed by atoms with van der Waals surface area (Å²) in [5.74, 6) is 0.635. The highest BCUT2D eigenvalue weighted by Gasteiger charge is 2.09. The van der Waals surface area contributed by atoms with Gasteiger partial charge >= 0.3 is 0 Å². The van der Waals surface area contributed by atoms with Gasteiger partial charge in [0.25, 0.3) is 0 Å². The van der Waals surface area contributed by atoms with Crippen molar-refractivity contribution in [2.45, 2.75) is 45.8 Å². The predicted octanol–water partition coefficient (Wildman–Crippen LogP) is 2.69. The summed E-state index contributed by atoms with van der Waals surface area (Å²) in [7, 11) is 0. The average molecular weight is 285 g/mol. The fourth-order valence-electron chi connectivity index (χ4n) is 2.00. The average Bonchev–Trinajstić information content (AvgIpc) is 2.84. The third kappa shape index (κ3) is 8.37. The van der Waals surface area contributed by atoms with Gasteiger partial charge in [-0.2, -0.15) is 11.3 Å². The summed E-state index contributed by atoms with van der Waals surface area (Å²) in [6.45, 7) is 8.34. The zero-order valence-corrected chi connectivity index (χ0v) is 13.1. The second-order valence-corrected chi connectivity index (χ2v) is 6.29. The first-order valence-corrected chi connectivity index (χ1v) is 8.03. The molecule has 110 valence electrons. The van der Waals surface area contributed by atoms with Gasteiger partial charge in [-0.3, -0.25) is 0 Å². The van der Waals surface area contributed by atoms with E-state index in [1.807, 2.05) is 0 Å². The van der Waals surface area contributed by atoms with Crippen molar-refractivity contribution in [1.82, 2.24) is 5.32 Å². The first-order chi connectivity index (χ1) is 9.08. The van der Waals surface area contributed by atoms with E-state index in [0.717, 1.165) is 19.4 Å². The Morgan fingerprint density at radius 2 is 2.16 bits per heavy atom.